The van der Waals surface area contributed by atoms with Crippen LogP contribution in [0.1, 0.15) is 62.7 Å². The first-order valence-electron chi connectivity index (χ1n) is 7.47. The second-order valence-electron chi connectivity index (χ2n) is 5.08. The Labute approximate surface area is 121 Å². The van der Waals surface area contributed by atoms with Gasteiger partial charge in [0.1, 0.15) is 0 Å². The van der Waals surface area contributed by atoms with E-state index in [1.807, 2.05) is 6.07 Å². The van der Waals surface area contributed by atoms with Crippen LogP contribution in [-0.2, 0) is 9.53 Å². The third kappa shape index (κ3) is 6.00. The molecule has 0 saturated heterocycles. The molecule has 0 radical (unpaired) electrons. The van der Waals surface area contributed by atoms with Crippen molar-refractivity contribution < 1.29 is 14.3 Å². The van der Waals surface area contributed by atoms with Gasteiger partial charge in [-0.1, -0.05) is 57.7 Å². The number of hydrogen-bond acceptors (Lipinski definition) is 3. The van der Waals surface area contributed by atoms with Crippen molar-refractivity contribution in [3.8, 4) is 0 Å². The van der Waals surface area contributed by atoms with Gasteiger partial charge in [-0.05, 0) is 24.5 Å². The summed E-state index contributed by atoms with van der Waals surface area (Å²) in [4.78, 5) is 23.4. The minimum Gasteiger partial charge on any atom is -0.389 e. The average molecular weight is 276 g/mol. The van der Waals surface area contributed by atoms with Crippen molar-refractivity contribution >= 4 is 11.9 Å². The number of rotatable bonds is 8. The second-order valence-corrected chi connectivity index (χ2v) is 5.08. The molecule has 1 aromatic rings. The highest BCUT2D eigenvalue weighted by molar-refractivity contribution is 5.96. The zero-order valence-electron chi connectivity index (χ0n) is 12.4. The maximum atomic E-state index is 11.7. The number of unbranched alkanes of at least 4 members (excludes halogenated alkanes) is 1. The van der Waals surface area contributed by atoms with Gasteiger partial charge in [-0.15, -0.1) is 0 Å². The lowest BCUT2D eigenvalue weighted by molar-refractivity contribution is -0.138. The lowest BCUT2D eigenvalue weighted by atomic mass is 9.94. The molecular formula is C17H24O3. The quantitative estimate of drug-likeness (QED) is 0.523. The lowest BCUT2D eigenvalue weighted by Gasteiger charge is -2.13. The van der Waals surface area contributed by atoms with E-state index in [1.165, 1.54) is 12.8 Å². The van der Waals surface area contributed by atoms with Crippen molar-refractivity contribution in [2.75, 3.05) is 0 Å². The summed E-state index contributed by atoms with van der Waals surface area (Å²) in [5, 5.41) is 0. The van der Waals surface area contributed by atoms with Gasteiger partial charge in [0.05, 0.1) is 5.56 Å². The average Bonchev–Trinajstić information content (AvgIpc) is 2.48. The van der Waals surface area contributed by atoms with Crippen LogP contribution in [-0.4, -0.2) is 11.9 Å². The fourth-order valence-corrected chi connectivity index (χ4v) is 2.15. The van der Waals surface area contributed by atoms with E-state index in [0.717, 1.165) is 19.3 Å². The van der Waals surface area contributed by atoms with E-state index in [1.54, 1.807) is 24.3 Å². The molecule has 0 heterocycles. The minimum absolute atomic E-state index is 0.320. The summed E-state index contributed by atoms with van der Waals surface area (Å²) in [6, 6.07) is 8.60. The van der Waals surface area contributed by atoms with Crippen molar-refractivity contribution in [2.45, 2.75) is 52.4 Å². The number of carbonyl (C=O) groups excluding carboxylic acids is 2. The van der Waals surface area contributed by atoms with Gasteiger partial charge < -0.3 is 4.74 Å². The molecule has 0 aliphatic heterocycles. The molecule has 0 aromatic heterocycles. The molecule has 0 fully saturated rings. The fraction of sp³-hybridized carbons (Fsp3) is 0.529. The van der Waals surface area contributed by atoms with E-state index in [9.17, 15) is 9.59 Å². The first kappa shape index (κ1) is 16.4. The van der Waals surface area contributed by atoms with Crippen LogP contribution in [0.4, 0.5) is 0 Å². The van der Waals surface area contributed by atoms with E-state index in [4.69, 9.17) is 4.74 Å². The smallest absolute Gasteiger partial charge is 0.345 e. The summed E-state index contributed by atoms with van der Waals surface area (Å²) < 4.78 is 4.86. The Morgan fingerprint density at radius 3 is 2.40 bits per heavy atom. The van der Waals surface area contributed by atoms with E-state index < -0.39 is 11.9 Å². The summed E-state index contributed by atoms with van der Waals surface area (Å²) in [5.74, 6) is -0.430. The Balaban J connectivity index is 2.34. The van der Waals surface area contributed by atoms with Crippen LogP contribution in [0.15, 0.2) is 30.3 Å². The zero-order valence-corrected chi connectivity index (χ0v) is 12.4. The Bertz CT molecular complexity index is 412. The van der Waals surface area contributed by atoms with E-state index >= 15 is 0 Å². The summed E-state index contributed by atoms with van der Waals surface area (Å²) >= 11 is 0. The van der Waals surface area contributed by atoms with Crippen molar-refractivity contribution in [1.29, 1.82) is 0 Å². The topological polar surface area (TPSA) is 43.4 Å². The second kappa shape index (κ2) is 9.29. The lowest BCUT2D eigenvalue weighted by Crippen LogP contribution is -2.13. The Kier molecular flexibility index (Phi) is 7.63. The number of carbonyl (C=O) groups is 2. The minimum atomic E-state index is -0.558. The van der Waals surface area contributed by atoms with Gasteiger partial charge in [-0.2, -0.15) is 0 Å². The van der Waals surface area contributed by atoms with E-state index in [-0.39, 0.29) is 0 Å². The number of ether oxygens (including phenoxy) is 1. The summed E-state index contributed by atoms with van der Waals surface area (Å²) in [6.07, 6.45) is 5.70. The van der Waals surface area contributed by atoms with Gasteiger partial charge in [0.15, 0.2) is 0 Å². The highest BCUT2D eigenvalue weighted by Crippen LogP contribution is 2.18. The SMILES string of the molecule is CCCCC(CC)CCC(=O)OC(=O)c1ccccc1. The standard InChI is InChI=1S/C17H24O3/c1-3-5-9-14(4-2)12-13-16(18)20-17(19)15-10-7-6-8-11-15/h6-8,10-11,14H,3-5,9,12-13H2,1-2H3. The number of benzene rings is 1. The van der Waals surface area contributed by atoms with Gasteiger partial charge in [0, 0.05) is 6.42 Å². The highest BCUT2D eigenvalue weighted by atomic mass is 16.6. The normalized spacial score (nSPS) is 11.9. The van der Waals surface area contributed by atoms with Crippen LogP contribution in [0.5, 0.6) is 0 Å². The molecule has 0 saturated carbocycles. The zero-order chi connectivity index (χ0) is 14.8. The van der Waals surface area contributed by atoms with Crippen molar-refractivity contribution in [2.24, 2.45) is 5.92 Å². The molecule has 0 bridgehead atoms. The first-order valence-corrected chi connectivity index (χ1v) is 7.47. The van der Waals surface area contributed by atoms with Crippen LogP contribution in [0.3, 0.4) is 0 Å². The molecule has 0 amide bonds. The van der Waals surface area contributed by atoms with Crippen molar-refractivity contribution in [3.05, 3.63) is 35.9 Å². The molecule has 0 aliphatic rings. The Hall–Kier alpha value is -1.64. The van der Waals surface area contributed by atoms with Crippen molar-refractivity contribution in [3.63, 3.8) is 0 Å². The monoisotopic (exact) mass is 276 g/mol. The molecule has 0 spiro atoms. The fourth-order valence-electron chi connectivity index (χ4n) is 2.15. The highest BCUT2D eigenvalue weighted by Gasteiger charge is 2.14. The Morgan fingerprint density at radius 1 is 1.10 bits per heavy atom. The van der Waals surface area contributed by atoms with E-state index in [0.29, 0.717) is 17.9 Å². The van der Waals surface area contributed by atoms with Gasteiger partial charge >= 0.3 is 11.9 Å². The molecular weight excluding hydrogens is 252 g/mol. The van der Waals surface area contributed by atoms with Crippen LogP contribution < -0.4 is 0 Å². The predicted octanol–water partition coefficient (Wildman–Crippen LogP) is 4.37. The molecule has 20 heavy (non-hydrogen) atoms. The van der Waals surface area contributed by atoms with Gasteiger partial charge in [0.2, 0.25) is 0 Å². The van der Waals surface area contributed by atoms with Crippen LogP contribution in [0, 0.1) is 5.92 Å². The molecule has 3 heteroatoms. The third-order valence-electron chi connectivity index (χ3n) is 3.52. The predicted molar refractivity (Wildman–Crippen MR) is 79.4 cm³/mol. The maximum Gasteiger partial charge on any atom is 0.345 e. The number of hydrogen-bond donors (Lipinski definition) is 0. The molecule has 1 atom stereocenters. The summed E-state index contributed by atoms with van der Waals surface area (Å²) in [5.41, 5.74) is 0.416. The van der Waals surface area contributed by atoms with Crippen LogP contribution in [0.2, 0.25) is 0 Å². The molecule has 1 aromatic carbocycles. The summed E-state index contributed by atoms with van der Waals surface area (Å²) in [6.45, 7) is 4.31. The third-order valence-corrected chi connectivity index (χ3v) is 3.52. The molecule has 3 nitrogen and oxygen atoms in total. The maximum absolute atomic E-state index is 11.7. The molecule has 1 rings (SSSR count). The van der Waals surface area contributed by atoms with Gasteiger partial charge in [-0.25, -0.2) is 4.79 Å². The van der Waals surface area contributed by atoms with Gasteiger partial charge in [-0.3, -0.25) is 4.79 Å². The first-order chi connectivity index (χ1) is 9.67. The van der Waals surface area contributed by atoms with Crippen molar-refractivity contribution in [1.82, 2.24) is 0 Å². The van der Waals surface area contributed by atoms with Crippen LogP contribution in [0.25, 0.3) is 0 Å². The molecule has 110 valence electrons. The van der Waals surface area contributed by atoms with Crippen LogP contribution >= 0.6 is 0 Å². The molecule has 1 unspecified atom stereocenters. The molecule has 0 N–H and O–H groups in total. The molecule has 0 aliphatic carbocycles. The number of esters is 2. The van der Waals surface area contributed by atoms with Gasteiger partial charge in [0.25, 0.3) is 0 Å². The van der Waals surface area contributed by atoms with E-state index in [2.05, 4.69) is 13.8 Å². The summed E-state index contributed by atoms with van der Waals surface area (Å²) in [7, 11) is 0. The largest absolute Gasteiger partial charge is 0.389 e. The Morgan fingerprint density at radius 2 is 1.80 bits per heavy atom.